The molecule has 5 nitrogen and oxygen atoms in total. The van der Waals surface area contributed by atoms with Crippen LogP contribution in [0.4, 0.5) is 6.01 Å². The predicted molar refractivity (Wildman–Crippen MR) is 75.3 cm³/mol. The van der Waals surface area contributed by atoms with Crippen molar-refractivity contribution in [1.82, 2.24) is 10.2 Å². The quantitative estimate of drug-likeness (QED) is 0.925. The Labute approximate surface area is 118 Å². The Bertz CT molecular complexity index is 545. The lowest BCUT2D eigenvalue weighted by atomic mass is 9.84. The van der Waals surface area contributed by atoms with E-state index in [4.69, 9.17) is 14.9 Å². The van der Waals surface area contributed by atoms with Crippen molar-refractivity contribution in [2.45, 2.75) is 44.6 Å². The molecule has 1 saturated carbocycles. The molecule has 106 valence electrons. The van der Waals surface area contributed by atoms with E-state index in [0.717, 1.165) is 5.75 Å². The van der Waals surface area contributed by atoms with Gasteiger partial charge in [-0.1, -0.05) is 36.5 Å². The molecule has 1 aliphatic carbocycles. The minimum absolute atomic E-state index is 0.0660. The summed E-state index contributed by atoms with van der Waals surface area (Å²) in [5.74, 6) is 1.91. The number of nitrogens with two attached hydrogens (primary N) is 1. The Morgan fingerprint density at radius 2 is 1.85 bits per heavy atom. The molecule has 1 heterocycles. The number of aromatic nitrogens is 2. The average Bonchev–Trinajstić information content (AvgIpc) is 2.92. The molecule has 3 rings (SSSR count). The van der Waals surface area contributed by atoms with Crippen LogP contribution >= 0.6 is 0 Å². The van der Waals surface area contributed by atoms with Crippen LogP contribution in [0, 0.1) is 0 Å². The zero-order valence-corrected chi connectivity index (χ0v) is 11.4. The van der Waals surface area contributed by atoms with Crippen LogP contribution in [-0.2, 0) is 6.61 Å². The van der Waals surface area contributed by atoms with Gasteiger partial charge in [0.05, 0.1) is 0 Å². The molecule has 1 aromatic carbocycles. The first-order chi connectivity index (χ1) is 9.81. The van der Waals surface area contributed by atoms with Gasteiger partial charge in [0.2, 0.25) is 0 Å². The lowest BCUT2D eigenvalue weighted by molar-refractivity contribution is 0.265. The first kappa shape index (κ1) is 13.0. The molecule has 0 unspecified atom stereocenters. The van der Waals surface area contributed by atoms with Crippen molar-refractivity contribution in [3.63, 3.8) is 0 Å². The van der Waals surface area contributed by atoms with Crippen molar-refractivity contribution < 1.29 is 9.15 Å². The molecule has 0 bridgehead atoms. The van der Waals surface area contributed by atoms with Crippen molar-refractivity contribution in [1.29, 1.82) is 0 Å². The van der Waals surface area contributed by atoms with Gasteiger partial charge in [0.1, 0.15) is 5.75 Å². The summed E-state index contributed by atoms with van der Waals surface area (Å²) in [6, 6.07) is 8.39. The molecule has 5 heteroatoms. The molecule has 0 saturated heterocycles. The van der Waals surface area contributed by atoms with Crippen LogP contribution < -0.4 is 10.5 Å². The summed E-state index contributed by atoms with van der Waals surface area (Å²) >= 11 is 0. The molecular weight excluding hydrogens is 254 g/mol. The zero-order valence-electron chi connectivity index (χ0n) is 11.4. The highest BCUT2D eigenvalue weighted by Crippen LogP contribution is 2.33. The smallest absolute Gasteiger partial charge is 0.312 e. The van der Waals surface area contributed by atoms with Gasteiger partial charge in [-0.05, 0) is 36.5 Å². The maximum atomic E-state index is 5.60. The van der Waals surface area contributed by atoms with Gasteiger partial charge in [-0.25, -0.2) is 0 Å². The van der Waals surface area contributed by atoms with Gasteiger partial charge in [-0.2, -0.15) is 0 Å². The molecule has 0 aliphatic heterocycles. The normalized spacial score (nSPS) is 16.2. The number of ether oxygens (including phenoxy) is 1. The summed E-state index contributed by atoms with van der Waals surface area (Å²) in [7, 11) is 0. The number of benzene rings is 1. The van der Waals surface area contributed by atoms with E-state index in [1.165, 1.54) is 37.7 Å². The number of rotatable bonds is 4. The number of nitrogens with zero attached hydrogens (tertiary/aromatic N) is 2. The molecule has 2 aromatic rings. The molecule has 1 aliphatic rings. The Morgan fingerprint density at radius 1 is 1.10 bits per heavy atom. The first-order valence-corrected chi connectivity index (χ1v) is 7.12. The fraction of sp³-hybridized carbons (Fsp3) is 0.467. The summed E-state index contributed by atoms with van der Waals surface area (Å²) in [6.07, 6.45) is 6.69. The van der Waals surface area contributed by atoms with E-state index in [0.29, 0.717) is 11.8 Å². The van der Waals surface area contributed by atoms with Crippen LogP contribution in [0.15, 0.2) is 28.7 Å². The van der Waals surface area contributed by atoms with Gasteiger partial charge in [0, 0.05) is 0 Å². The summed E-state index contributed by atoms with van der Waals surface area (Å²) in [5, 5.41) is 7.34. The molecule has 0 spiro atoms. The topological polar surface area (TPSA) is 74.2 Å². The van der Waals surface area contributed by atoms with E-state index in [1.807, 2.05) is 12.1 Å². The van der Waals surface area contributed by atoms with Crippen LogP contribution in [0.1, 0.15) is 49.5 Å². The van der Waals surface area contributed by atoms with E-state index in [2.05, 4.69) is 22.3 Å². The minimum atomic E-state index is 0.0660. The van der Waals surface area contributed by atoms with Crippen molar-refractivity contribution >= 4 is 6.01 Å². The fourth-order valence-electron chi connectivity index (χ4n) is 2.74. The number of hydrogen-bond acceptors (Lipinski definition) is 5. The maximum Gasteiger partial charge on any atom is 0.312 e. The fourth-order valence-corrected chi connectivity index (χ4v) is 2.74. The van der Waals surface area contributed by atoms with Gasteiger partial charge in [0.25, 0.3) is 5.89 Å². The van der Waals surface area contributed by atoms with Crippen molar-refractivity contribution in [3.8, 4) is 5.75 Å². The Balaban J connectivity index is 1.58. The van der Waals surface area contributed by atoms with Crippen LogP contribution in [0.2, 0.25) is 0 Å². The van der Waals surface area contributed by atoms with Crippen molar-refractivity contribution in [3.05, 3.63) is 35.7 Å². The second kappa shape index (κ2) is 5.94. The van der Waals surface area contributed by atoms with Gasteiger partial charge >= 0.3 is 6.01 Å². The summed E-state index contributed by atoms with van der Waals surface area (Å²) in [6.45, 7) is 0.243. The molecule has 2 N–H and O–H groups in total. The van der Waals surface area contributed by atoms with Gasteiger partial charge in [0.15, 0.2) is 6.61 Å². The molecule has 0 amide bonds. The van der Waals surface area contributed by atoms with Crippen LogP contribution in [0.3, 0.4) is 0 Å². The molecule has 0 radical (unpaired) electrons. The molecule has 1 fully saturated rings. The molecule has 1 aromatic heterocycles. The third-order valence-corrected chi connectivity index (χ3v) is 3.80. The summed E-state index contributed by atoms with van der Waals surface area (Å²) in [4.78, 5) is 0. The van der Waals surface area contributed by atoms with Crippen LogP contribution in [0.5, 0.6) is 5.75 Å². The predicted octanol–water partition coefficient (Wildman–Crippen LogP) is 3.28. The van der Waals surface area contributed by atoms with Crippen molar-refractivity contribution in [2.24, 2.45) is 0 Å². The highest BCUT2D eigenvalue weighted by Gasteiger charge is 2.15. The van der Waals surface area contributed by atoms with Crippen LogP contribution in [-0.4, -0.2) is 10.2 Å². The number of hydrogen-bond donors (Lipinski definition) is 1. The standard InChI is InChI=1S/C15H19N3O2/c16-15-18-17-14(20-15)10-19-13-8-6-12(7-9-13)11-4-2-1-3-5-11/h6-9,11H,1-5,10H2,(H2,16,18). The largest absolute Gasteiger partial charge is 0.484 e. The van der Waals surface area contributed by atoms with Crippen molar-refractivity contribution in [2.75, 3.05) is 5.73 Å². The molecule has 20 heavy (non-hydrogen) atoms. The maximum absolute atomic E-state index is 5.60. The van der Waals surface area contributed by atoms with Crippen LogP contribution in [0.25, 0.3) is 0 Å². The molecule has 0 atom stereocenters. The lowest BCUT2D eigenvalue weighted by Crippen LogP contribution is -2.04. The minimum Gasteiger partial charge on any atom is -0.484 e. The monoisotopic (exact) mass is 273 g/mol. The second-order valence-corrected chi connectivity index (χ2v) is 5.23. The zero-order chi connectivity index (χ0) is 13.8. The van der Waals surface area contributed by atoms with E-state index in [1.54, 1.807) is 0 Å². The Kier molecular flexibility index (Phi) is 3.85. The van der Waals surface area contributed by atoms with E-state index in [-0.39, 0.29) is 12.6 Å². The Morgan fingerprint density at radius 3 is 2.50 bits per heavy atom. The third-order valence-electron chi connectivity index (χ3n) is 3.80. The van der Waals surface area contributed by atoms with E-state index < -0.39 is 0 Å². The number of anilines is 1. The van der Waals surface area contributed by atoms with E-state index in [9.17, 15) is 0 Å². The SMILES string of the molecule is Nc1nnc(COc2ccc(C3CCCCC3)cc2)o1. The summed E-state index contributed by atoms with van der Waals surface area (Å²) in [5.41, 5.74) is 6.77. The highest BCUT2D eigenvalue weighted by atomic mass is 16.5. The summed E-state index contributed by atoms with van der Waals surface area (Å²) < 4.78 is 10.7. The van der Waals surface area contributed by atoms with Gasteiger partial charge in [-0.15, -0.1) is 5.10 Å². The lowest BCUT2D eigenvalue weighted by Gasteiger charge is -2.22. The Hall–Kier alpha value is -2.04. The first-order valence-electron chi connectivity index (χ1n) is 7.12. The average molecular weight is 273 g/mol. The van der Waals surface area contributed by atoms with E-state index >= 15 is 0 Å². The van der Waals surface area contributed by atoms with Gasteiger partial charge < -0.3 is 14.9 Å². The highest BCUT2D eigenvalue weighted by molar-refractivity contribution is 5.29. The molecular formula is C15H19N3O2. The number of nitrogen functional groups attached to an aromatic ring is 1. The van der Waals surface area contributed by atoms with Gasteiger partial charge in [-0.3, -0.25) is 0 Å². The second-order valence-electron chi connectivity index (χ2n) is 5.23. The third kappa shape index (κ3) is 3.10.